The molecule has 1 heterocycles. The van der Waals surface area contributed by atoms with Crippen LogP contribution in [0.3, 0.4) is 0 Å². The third kappa shape index (κ3) is 5.33. The van der Waals surface area contributed by atoms with E-state index in [9.17, 15) is 9.18 Å². The van der Waals surface area contributed by atoms with E-state index in [0.717, 1.165) is 5.82 Å². The second-order valence-corrected chi connectivity index (χ2v) is 5.77. The van der Waals surface area contributed by atoms with Crippen LogP contribution in [0, 0.1) is 5.82 Å². The number of para-hydroxylation sites is 1. The Bertz CT molecular complexity index is 658. The van der Waals surface area contributed by atoms with Gasteiger partial charge in [0.1, 0.15) is 12.2 Å². The summed E-state index contributed by atoms with van der Waals surface area (Å²) in [6.45, 7) is 5.56. The minimum absolute atomic E-state index is 0.0497. The predicted molar refractivity (Wildman–Crippen MR) is 88.2 cm³/mol. The lowest BCUT2D eigenvalue weighted by Gasteiger charge is -2.10. The molecule has 0 spiro atoms. The van der Waals surface area contributed by atoms with Gasteiger partial charge in [-0.2, -0.15) is 0 Å². The number of ether oxygens (including phenoxy) is 1. The number of halogens is 1. The van der Waals surface area contributed by atoms with E-state index in [1.54, 1.807) is 24.5 Å². The molecule has 0 atom stereocenters. The van der Waals surface area contributed by atoms with Gasteiger partial charge in [0.15, 0.2) is 11.6 Å². The zero-order chi connectivity index (χ0) is 17.4. The van der Waals surface area contributed by atoms with Crippen LogP contribution in [0.1, 0.15) is 38.4 Å². The zero-order valence-corrected chi connectivity index (χ0v) is 14.0. The molecule has 0 saturated carbocycles. The summed E-state index contributed by atoms with van der Waals surface area (Å²) < 4.78 is 20.6. The van der Waals surface area contributed by atoms with Gasteiger partial charge in [-0.05, 0) is 18.6 Å². The molecule has 1 aromatic heterocycles. The minimum atomic E-state index is -0.392. The lowest BCUT2D eigenvalue weighted by molar-refractivity contribution is -0.121. The number of hydrogen-bond donors (Lipinski definition) is 1. The smallest absolute Gasteiger partial charge is 0.220 e. The standard InChI is InChI=1S/C17H23FN4O2/c1-13(2)17-21-20-12-22(17)10-9-19-16(23)8-5-11-24-15-7-4-3-6-14(15)18/h3-4,6-7,12-13H,5,8-11H2,1-2H3,(H,19,23). The van der Waals surface area contributed by atoms with Crippen molar-refractivity contribution in [3.63, 3.8) is 0 Å². The van der Waals surface area contributed by atoms with Gasteiger partial charge >= 0.3 is 0 Å². The average molecular weight is 334 g/mol. The molecule has 0 aliphatic rings. The first-order chi connectivity index (χ1) is 11.6. The van der Waals surface area contributed by atoms with Crippen LogP contribution in [0.25, 0.3) is 0 Å². The maximum Gasteiger partial charge on any atom is 0.220 e. The van der Waals surface area contributed by atoms with Crippen LogP contribution < -0.4 is 10.1 Å². The number of benzene rings is 1. The molecule has 1 aromatic carbocycles. The Labute approximate surface area is 141 Å². The highest BCUT2D eigenvalue weighted by molar-refractivity contribution is 5.75. The summed E-state index contributed by atoms with van der Waals surface area (Å²) >= 11 is 0. The molecule has 24 heavy (non-hydrogen) atoms. The lowest BCUT2D eigenvalue weighted by atomic mass is 10.2. The Kier molecular flexibility index (Phi) is 6.72. The Morgan fingerprint density at radius 2 is 2.17 bits per heavy atom. The molecule has 0 aliphatic carbocycles. The lowest BCUT2D eigenvalue weighted by Crippen LogP contribution is -2.27. The van der Waals surface area contributed by atoms with Crippen molar-refractivity contribution in [1.29, 1.82) is 0 Å². The summed E-state index contributed by atoms with van der Waals surface area (Å²) in [5.74, 6) is 0.969. The molecule has 2 rings (SSSR count). The molecular weight excluding hydrogens is 311 g/mol. The quantitative estimate of drug-likeness (QED) is 0.716. The third-order valence-corrected chi connectivity index (χ3v) is 3.48. The highest BCUT2D eigenvalue weighted by atomic mass is 19.1. The van der Waals surface area contributed by atoms with Gasteiger partial charge in [-0.25, -0.2) is 4.39 Å². The summed E-state index contributed by atoms with van der Waals surface area (Å²) in [6, 6.07) is 6.23. The van der Waals surface area contributed by atoms with Crippen molar-refractivity contribution in [2.75, 3.05) is 13.2 Å². The van der Waals surface area contributed by atoms with Gasteiger partial charge in [-0.15, -0.1) is 10.2 Å². The van der Waals surface area contributed by atoms with E-state index in [1.165, 1.54) is 6.07 Å². The van der Waals surface area contributed by atoms with Crippen LogP contribution in [-0.4, -0.2) is 33.8 Å². The molecule has 1 amide bonds. The van der Waals surface area contributed by atoms with Gasteiger partial charge in [0, 0.05) is 25.4 Å². The summed E-state index contributed by atoms with van der Waals surface area (Å²) in [4.78, 5) is 11.8. The number of nitrogens with zero attached hydrogens (tertiary/aromatic N) is 3. The SMILES string of the molecule is CC(C)c1nncn1CCNC(=O)CCCOc1ccccc1F. The monoisotopic (exact) mass is 334 g/mol. The van der Waals surface area contributed by atoms with Gasteiger partial charge < -0.3 is 14.6 Å². The second kappa shape index (κ2) is 9.00. The molecule has 0 fully saturated rings. The first kappa shape index (κ1) is 17.9. The molecule has 1 N–H and O–H groups in total. The van der Waals surface area contributed by atoms with Gasteiger partial charge in [-0.3, -0.25) is 4.79 Å². The number of carbonyl (C=O) groups excluding carboxylic acids is 1. The maximum absolute atomic E-state index is 13.3. The van der Waals surface area contributed by atoms with Crippen molar-refractivity contribution in [1.82, 2.24) is 20.1 Å². The summed E-state index contributed by atoms with van der Waals surface area (Å²) in [7, 11) is 0. The molecule has 130 valence electrons. The van der Waals surface area contributed by atoms with E-state index in [4.69, 9.17) is 4.74 Å². The fourth-order valence-electron chi connectivity index (χ4n) is 2.26. The molecule has 7 heteroatoms. The van der Waals surface area contributed by atoms with Gasteiger partial charge in [0.25, 0.3) is 0 Å². The van der Waals surface area contributed by atoms with E-state index >= 15 is 0 Å². The highest BCUT2D eigenvalue weighted by Crippen LogP contribution is 2.15. The summed E-state index contributed by atoms with van der Waals surface area (Å²) in [5.41, 5.74) is 0. The van der Waals surface area contributed by atoms with E-state index in [1.807, 2.05) is 4.57 Å². The Morgan fingerprint density at radius 3 is 2.92 bits per heavy atom. The Balaban J connectivity index is 1.62. The first-order valence-corrected chi connectivity index (χ1v) is 8.09. The van der Waals surface area contributed by atoms with Crippen molar-refractivity contribution >= 4 is 5.91 Å². The zero-order valence-electron chi connectivity index (χ0n) is 14.0. The van der Waals surface area contributed by atoms with E-state index < -0.39 is 5.82 Å². The Hall–Kier alpha value is -2.44. The third-order valence-electron chi connectivity index (χ3n) is 3.48. The summed E-state index contributed by atoms with van der Waals surface area (Å²) in [6.07, 6.45) is 2.54. The topological polar surface area (TPSA) is 69.0 Å². The van der Waals surface area contributed by atoms with Crippen LogP contribution in [-0.2, 0) is 11.3 Å². The van der Waals surface area contributed by atoms with Gasteiger partial charge in [0.05, 0.1) is 6.61 Å². The summed E-state index contributed by atoms with van der Waals surface area (Å²) in [5, 5.41) is 10.8. The number of hydrogen-bond acceptors (Lipinski definition) is 4. The predicted octanol–water partition coefficient (Wildman–Crippen LogP) is 2.52. The number of amides is 1. The first-order valence-electron chi connectivity index (χ1n) is 8.09. The maximum atomic E-state index is 13.3. The molecule has 0 unspecified atom stereocenters. The average Bonchev–Trinajstić information content (AvgIpc) is 3.02. The van der Waals surface area contributed by atoms with Crippen LogP contribution in [0.15, 0.2) is 30.6 Å². The van der Waals surface area contributed by atoms with Crippen molar-refractivity contribution < 1.29 is 13.9 Å². The van der Waals surface area contributed by atoms with Crippen molar-refractivity contribution in [2.45, 2.75) is 39.2 Å². The normalized spacial score (nSPS) is 10.8. The largest absolute Gasteiger partial charge is 0.491 e. The molecule has 2 aromatic rings. The minimum Gasteiger partial charge on any atom is -0.491 e. The molecule has 0 saturated heterocycles. The number of rotatable bonds is 9. The molecule has 0 aliphatic heterocycles. The van der Waals surface area contributed by atoms with Crippen LogP contribution >= 0.6 is 0 Å². The number of carbonyl (C=O) groups is 1. The fraction of sp³-hybridized carbons (Fsp3) is 0.471. The van der Waals surface area contributed by atoms with Crippen LogP contribution in [0.5, 0.6) is 5.75 Å². The molecular formula is C17H23FN4O2. The Morgan fingerprint density at radius 1 is 1.38 bits per heavy atom. The number of nitrogens with one attached hydrogen (secondary N) is 1. The molecule has 6 nitrogen and oxygen atoms in total. The van der Waals surface area contributed by atoms with E-state index in [-0.39, 0.29) is 11.7 Å². The van der Waals surface area contributed by atoms with Gasteiger partial charge in [0.2, 0.25) is 5.91 Å². The second-order valence-electron chi connectivity index (χ2n) is 5.77. The highest BCUT2D eigenvalue weighted by Gasteiger charge is 2.08. The molecule has 0 radical (unpaired) electrons. The molecule has 0 bridgehead atoms. The van der Waals surface area contributed by atoms with Gasteiger partial charge in [-0.1, -0.05) is 26.0 Å². The van der Waals surface area contributed by atoms with Crippen molar-refractivity contribution in [2.24, 2.45) is 0 Å². The van der Waals surface area contributed by atoms with Crippen LogP contribution in [0.4, 0.5) is 4.39 Å². The van der Waals surface area contributed by atoms with Crippen molar-refractivity contribution in [3.05, 3.63) is 42.2 Å². The van der Waals surface area contributed by atoms with Crippen LogP contribution in [0.2, 0.25) is 0 Å². The van der Waals surface area contributed by atoms with E-state index in [0.29, 0.717) is 38.5 Å². The fourth-order valence-corrected chi connectivity index (χ4v) is 2.26. The van der Waals surface area contributed by atoms with Crippen molar-refractivity contribution in [3.8, 4) is 5.75 Å². The van der Waals surface area contributed by atoms with E-state index in [2.05, 4.69) is 29.4 Å². The number of aromatic nitrogens is 3.